The van der Waals surface area contributed by atoms with Crippen LogP contribution >= 0.6 is 0 Å². The van der Waals surface area contributed by atoms with Gasteiger partial charge in [-0.25, -0.2) is 0 Å². The first-order valence-corrected chi connectivity index (χ1v) is 4.78. The predicted molar refractivity (Wildman–Crippen MR) is 59.0 cm³/mol. The first-order valence-electron chi connectivity index (χ1n) is 4.78. The highest BCUT2D eigenvalue weighted by molar-refractivity contribution is 6.40. The van der Waals surface area contributed by atoms with E-state index in [2.05, 4.69) is 4.98 Å². The summed E-state index contributed by atoms with van der Waals surface area (Å²) in [5, 5.41) is 0. The van der Waals surface area contributed by atoms with E-state index in [1.807, 2.05) is 12.1 Å². The second-order valence-corrected chi connectivity index (χ2v) is 3.31. The number of carbonyl (C=O) groups excluding carboxylic acids is 2. The van der Waals surface area contributed by atoms with E-state index in [1.54, 1.807) is 12.4 Å². The van der Waals surface area contributed by atoms with Crippen LogP contribution in [0.2, 0.25) is 0 Å². The van der Waals surface area contributed by atoms with Crippen molar-refractivity contribution in [3.8, 4) is 0 Å². The predicted octanol–water partition coefficient (Wildman–Crippen LogP) is -0.0888. The van der Waals surface area contributed by atoms with Crippen LogP contribution in [0, 0.1) is 0 Å². The lowest BCUT2D eigenvalue weighted by Crippen LogP contribution is -2.22. The second kappa shape index (κ2) is 5.65. The van der Waals surface area contributed by atoms with Gasteiger partial charge in [0.2, 0.25) is 5.78 Å². The van der Waals surface area contributed by atoms with Crippen LogP contribution in [0.5, 0.6) is 0 Å². The van der Waals surface area contributed by atoms with Crippen LogP contribution < -0.4 is 11.5 Å². The van der Waals surface area contributed by atoms with Gasteiger partial charge in [-0.05, 0) is 24.5 Å². The minimum Gasteiger partial charge on any atom is -0.402 e. The molecule has 0 atom stereocenters. The molecule has 4 N–H and O–H groups in total. The SMILES string of the molecule is NC(=O)C(=O)/C=C(\N)CCc1cccnc1. The second-order valence-electron chi connectivity index (χ2n) is 3.31. The summed E-state index contributed by atoms with van der Waals surface area (Å²) in [5.74, 6) is -1.77. The maximum Gasteiger partial charge on any atom is 0.289 e. The molecular formula is C11H13N3O2. The summed E-state index contributed by atoms with van der Waals surface area (Å²) < 4.78 is 0. The number of ketones is 1. The molecule has 16 heavy (non-hydrogen) atoms. The van der Waals surface area contributed by atoms with Gasteiger partial charge in [0.05, 0.1) is 0 Å². The molecule has 84 valence electrons. The average Bonchev–Trinajstić information content (AvgIpc) is 2.27. The topological polar surface area (TPSA) is 99.1 Å². The van der Waals surface area contributed by atoms with Crippen molar-refractivity contribution in [3.63, 3.8) is 0 Å². The van der Waals surface area contributed by atoms with Crippen molar-refractivity contribution in [1.29, 1.82) is 0 Å². The van der Waals surface area contributed by atoms with E-state index >= 15 is 0 Å². The van der Waals surface area contributed by atoms with Gasteiger partial charge in [0.15, 0.2) is 0 Å². The summed E-state index contributed by atoms with van der Waals surface area (Å²) in [6.45, 7) is 0. The fourth-order valence-electron chi connectivity index (χ4n) is 1.15. The first-order chi connectivity index (χ1) is 7.59. The van der Waals surface area contributed by atoms with Crippen molar-refractivity contribution in [2.45, 2.75) is 12.8 Å². The monoisotopic (exact) mass is 219 g/mol. The van der Waals surface area contributed by atoms with Gasteiger partial charge in [-0.15, -0.1) is 0 Å². The summed E-state index contributed by atoms with van der Waals surface area (Å²) in [6.07, 6.45) is 5.63. The van der Waals surface area contributed by atoms with E-state index < -0.39 is 11.7 Å². The first kappa shape index (κ1) is 11.9. The lowest BCUT2D eigenvalue weighted by atomic mass is 10.1. The van der Waals surface area contributed by atoms with E-state index in [0.717, 1.165) is 11.6 Å². The average molecular weight is 219 g/mol. The third-order valence-corrected chi connectivity index (χ3v) is 1.98. The zero-order valence-corrected chi connectivity index (χ0v) is 8.72. The molecule has 0 aliphatic rings. The van der Waals surface area contributed by atoms with Crippen molar-refractivity contribution in [3.05, 3.63) is 41.9 Å². The standard InChI is InChI=1S/C11H13N3O2/c12-9(6-10(15)11(13)16)4-3-8-2-1-5-14-7-8/h1-2,5-7H,3-4,12H2,(H2,13,16)/b9-6-. The van der Waals surface area contributed by atoms with Gasteiger partial charge in [-0.3, -0.25) is 14.6 Å². The molecule has 0 radical (unpaired) electrons. The van der Waals surface area contributed by atoms with Crippen LogP contribution in [-0.2, 0) is 16.0 Å². The number of aryl methyl sites for hydroxylation is 1. The fraction of sp³-hybridized carbons (Fsp3) is 0.182. The van der Waals surface area contributed by atoms with Crippen LogP contribution in [-0.4, -0.2) is 16.7 Å². The highest BCUT2D eigenvalue weighted by Crippen LogP contribution is 2.04. The molecule has 1 heterocycles. The molecular weight excluding hydrogens is 206 g/mol. The Morgan fingerprint density at radius 2 is 2.12 bits per heavy atom. The van der Waals surface area contributed by atoms with Gasteiger partial charge in [0, 0.05) is 24.2 Å². The number of pyridine rings is 1. The maximum absolute atomic E-state index is 10.9. The number of aromatic nitrogens is 1. The molecule has 5 heteroatoms. The van der Waals surface area contributed by atoms with E-state index in [1.165, 1.54) is 0 Å². The Hall–Kier alpha value is -2.17. The highest BCUT2D eigenvalue weighted by atomic mass is 16.2. The van der Waals surface area contributed by atoms with Gasteiger partial charge in [0.25, 0.3) is 5.91 Å². The molecule has 0 saturated carbocycles. The fourth-order valence-corrected chi connectivity index (χ4v) is 1.15. The number of nitrogens with zero attached hydrogens (tertiary/aromatic N) is 1. The molecule has 0 bridgehead atoms. The minimum absolute atomic E-state index is 0.340. The zero-order chi connectivity index (χ0) is 12.0. The lowest BCUT2D eigenvalue weighted by molar-refractivity contribution is -0.133. The third-order valence-electron chi connectivity index (χ3n) is 1.98. The molecule has 1 aromatic rings. The number of rotatable bonds is 5. The summed E-state index contributed by atoms with van der Waals surface area (Å²) >= 11 is 0. The van der Waals surface area contributed by atoms with Gasteiger partial charge >= 0.3 is 0 Å². The van der Waals surface area contributed by atoms with Crippen molar-refractivity contribution < 1.29 is 9.59 Å². The largest absolute Gasteiger partial charge is 0.402 e. The van der Waals surface area contributed by atoms with Crippen molar-refractivity contribution >= 4 is 11.7 Å². The molecule has 0 aliphatic heterocycles. The molecule has 0 aromatic carbocycles. The smallest absolute Gasteiger partial charge is 0.289 e. The molecule has 1 rings (SSSR count). The molecule has 0 spiro atoms. The summed E-state index contributed by atoms with van der Waals surface area (Å²) in [7, 11) is 0. The number of carbonyl (C=O) groups is 2. The van der Waals surface area contributed by atoms with Gasteiger partial charge in [-0.1, -0.05) is 6.07 Å². The third kappa shape index (κ3) is 3.91. The van der Waals surface area contributed by atoms with E-state index in [9.17, 15) is 9.59 Å². The quantitative estimate of drug-likeness (QED) is 0.534. The Kier molecular flexibility index (Phi) is 4.20. The summed E-state index contributed by atoms with van der Waals surface area (Å²) in [4.78, 5) is 25.3. The van der Waals surface area contributed by atoms with Crippen LogP contribution in [0.3, 0.4) is 0 Å². The van der Waals surface area contributed by atoms with Crippen LogP contribution in [0.4, 0.5) is 0 Å². The Labute approximate surface area is 93.2 Å². The lowest BCUT2D eigenvalue weighted by Gasteiger charge is -2.00. The summed E-state index contributed by atoms with van der Waals surface area (Å²) in [6, 6.07) is 3.74. The molecule has 0 aliphatic carbocycles. The Balaban J connectivity index is 2.50. The number of primary amides is 1. The minimum atomic E-state index is -0.996. The number of hydrogen-bond acceptors (Lipinski definition) is 4. The normalized spacial score (nSPS) is 11.1. The van der Waals surface area contributed by atoms with E-state index in [4.69, 9.17) is 11.5 Å². The van der Waals surface area contributed by atoms with E-state index in [0.29, 0.717) is 18.5 Å². The molecule has 0 unspecified atom stereocenters. The molecule has 0 fully saturated rings. The van der Waals surface area contributed by atoms with Crippen LogP contribution in [0.25, 0.3) is 0 Å². The van der Waals surface area contributed by atoms with Crippen molar-refractivity contribution in [1.82, 2.24) is 4.98 Å². The van der Waals surface area contributed by atoms with Crippen molar-refractivity contribution in [2.24, 2.45) is 11.5 Å². The van der Waals surface area contributed by atoms with E-state index in [-0.39, 0.29) is 0 Å². The molecule has 1 amide bonds. The maximum atomic E-state index is 10.9. The number of allylic oxidation sites excluding steroid dienone is 1. The van der Waals surface area contributed by atoms with Crippen LogP contribution in [0.15, 0.2) is 36.3 Å². The highest BCUT2D eigenvalue weighted by Gasteiger charge is 2.05. The number of nitrogens with two attached hydrogens (primary N) is 2. The van der Waals surface area contributed by atoms with Crippen molar-refractivity contribution in [2.75, 3.05) is 0 Å². The Morgan fingerprint density at radius 1 is 1.38 bits per heavy atom. The molecule has 0 saturated heterocycles. The molecule has 1 aromatic heterocycles. The van der Waals surface area contributed by atoms with Gasteiger partial charge < -0.3 is 11.5 Å². The van der Waals surface area contributed by atoms with Gasteiger partial charge in [-0.2, -0.15) is 0 Å². The summed E-state index contributed by atoms with van der Waals surface area (Å²) in [5.41, 5.74) is 11.7. The number of amides is 1. The number of hydrogen-bond donors (Lipinski definition) is 2. The Morgan fingerprint density at radius 3 is 2.69 bits per heavy atom. The van der Waals surface area contributed by atoms with Gasteiger partial charge in [0.1, 0.15) is 0 Å². The molecule has 5 nitrogen and oxygen atoms in total. The Bertz CT molecular complexity index is 412. The van der Waals surface area contributed by atoms with Crippen LogP contribution in [0.1, 0.15) is 12.0 Å². The zero-order valence-electron chi connectivity index (χ0n) is 8.72.